The minimum Gasteiger partial charge on any atom is -0.357 e. The topological polar surface area (TPSA) is 69.3 Å². The summed E-state index contributed by atoms with van der Waals surface area (Å²) in [5, 5.41) is 9.69. The molecule has 2 aliphatic heterocycles. The lowest BCUT2D eigenvalue weighted by Crippen LogP contribution is -2.35. The molecule has 2 fully saturated rings. The van der Waals surface area contributed by atoms with Crippen molar-refractivity contribution in [3.05, 3.63) is 31.9 Å². The molecule has 1 aromatic rings. The van der Waals surface area contributed by atoms with Crippen molar-refractivity contribution in [2.24, 2.45) is 5.92 Å². The van der Waals surface area contributed by atoms with Crippen LogP contribution >= 0.6 is 24.0 Å². The van der Waals surface area contributed by atoms with E-state index in [9.17, 15) is 14.9 Å². The first kappa shape index (κ1) is 23.6. The quantitative estimate of drug-likeness (QED) is 0.484. The molecule has 0 radical (unpaired) electrons. The van der Waals surface area contributed by atoms with Crippen molar-refractivity contribution in [1.29, 1.82) is 5.26 Å². The molecule has 3 rings (SSSR count). The Bertz CT molecular complexity index is 1010. The van der Waals surface area contributed by atoms with Gasteiger partial charge < -0.3 is 4.90 Å². The van der Waals surface area contributed by atoms with Crippen molar-refractivity contribution in [1.82, 2.24) is 9.47 Å². The van der Waals surface area contributed by atoms with Crippen LogP contribution in [-0.2, 0) is 11.3 Å². The summed E-state index contributed by atoms with van der Waals surface area (Å²) in [6, 6.07) is 2.09. The largest absolute Gasteiger partial charge is 0.357 e. The monoisotopic (exact) mass is 458 g/mol. The summed E-state index contributed by atoms with van der Waals surface area (Å²) in [6.07, 6.45) is 6.32. The number of hydrogen-bond acceptors (Lipinski definition) is 6. The van der Waals surface area contributed by atoms with E-state index in [2.05, 4.69) is 24.8 Å². The molecule has 0 bridgehead atoms. The van der Waals surface area contributed by atoms with E-state index in [0.29, 0.717) is 33.8 Å². The van der Waals surface area contributed by atoms with E-state index in [1.165, 1.54) is 24.6 Å². The van der Waals surface area contributed by atoms with Crippen LogP contribution in [0.2, 0.25) is 0 Å². The summed E-state index contributed by atoms with van der Waals surface area (Å²) >= 11 is 6.76. The minimum atomic E-state index is -0.258. The van der Waals surface area contributed by atoms with Gasteiger partial charge >= 0.3 is 0 Å². The van der Waals surface area contributed by atoms with Crippen molar-refractivity contribution < 1.29 is 4.79 Å². The Hall–Kier alpha value is -2.11. The molecule has 0 spiro atoms. The van der Waals surface area contributed by atoms with Crippen LogP contribution in [0.1, 0.15) is 63.1 Å². The van der Waals surface area contributed by atoms with E-state index >= 15 is 0 Å². The number of amides is 1. The molecule has 2 aliphatic rings. The van der Waals surface area contributed by atoms with Crippen LogP contribution in [0.5, 0.6) is 0 Å². The summed E-state index contributed by atoms with van der Waals surface area (Å²) < 4.78 is 2.25. The number of rotatable bonds is 5. The maximum atomic E-state index is 13.1. The van der Waals surface area contributed by atoms with Crippen molar-refractivity contribution >= 4 is 46.1 Å². The standard InChI is InChI=1S/C23H30N4O2S2/c1-5-26-20(25-10-8-6-7-9-11-25)17(16(4)18(13-24)21(26)28)12-19-22(29)27(14-15(2)3)23(30)31-19/h12,15H,5-11,14H2,1-4H3/b19-12+. The van der Waals surface area contributed by atoms with Gasteiger partial charge in [0.25, 0.3) is 11.5 Å². The molecular weight excluding hydrogens is 428 g/mol. The van der Waals surface area contributed by atoms with Crippen LogP contribution in [-0.4, -0.2) is 39.3 Å². The predicted molar refractivity (Wildman–Crippen MR) is 131 cm³/mol. The third kappa shape index (κ3) is 4.73. The Morgan fingerprint density at radius 2 is 1.84 bits per heavy atom. The van der Waals surface area contributed by atoms with Crippen LogP contribution in [0.25, 0.3) is 6.08 Å². The maximum absolute atomic E-state index is 13.1. The van der Waals surface area contributed by atoms with Gasteiger partial charge in [-0.1, -0.05) is 50.7 Å². The number of hydrogen-bond donors (Lipinski definition) is 0. The molecule has 2 saturated heterocycles. The number of nitrogens with zero attached hydrogens (tertiary/aromatic N) is 4. The molecule has 0 atom stereocenters. The van der Waals surface area contributed by atoms with Crippen molar-refractivity contribution in [3.8, 4) is 6.07 Å². The molecule has 0 unspecified atom stereocenters. The highest BCUT2D eigenvalue weighted by atomic mass is 32.2. The number of aromatic nitrogens is 1. The summed E-state index contributed by atoms with van der Waals surface area (Å²) in [7, 11) is 0. The van der Waals surface area contributed by atoms with Crippen molar-refractivity contribution in [2.45, 2.75) is 59.9 Å². The average Bonchev–Trinajstić information content (AvgIpc) is 2.92. The Labute approximate surface area is 193 Å². The lowest BCUT2D eigenvalue weighted by Gasteiger charge is -2.29. The number of carbonyl (C=O) groups excluding carboxylic acids is 1. The van der Waals surface area contributed by atoms with E-state index in [1.54, 1.807) is 9.47 Å². The highest BCUT2D eigenvalue weighted by Crippen LogP contribution is 2.36. The zero-order chi connectivity index (χ0) is 22.7. The van der Waals surface area contributed by atoms with Gasteiger partial charge in [0.1, 0.15) is 21.8 Å². The molecular formula is C23H30N4O2S2. The van der Waals surface area contributed by atoms with Crippen LogP contribution in [0.4, 0.5) is 5.82 Å². The molecule has 0 saturated carbocycles. The zero-order valence-corrected chi connectivity index (χ0v) is 20.4. The zero-order valence-electron chi connectivity index (χ0n) is 18.7. The fourth-order valence-electron chi connectivity index (χ4n) is 4.21. The van der Waals surface area contributed by atoms with Gasteiger partial charge in [-0.3, -0.25) is 19.1 Å². The normalized spacial score (nSPS) is 18.8. The Balaban J connectivity index is 2.20. The Morgan fingerprint density at radius 1 is 1.19 bits per heavy atom. The number of carbonyl (C=O) groups is 1. The van der Waals surface area contributed by atoms with Gasteiger partial charge in [-0.2, -0.15) is 5.26 Å². The SMILES string of the molecule is CCn1c(N2CCCCCC2)c(/C=C2/SC(=S)N(CC(C)C)C2=O)c(C)c(C#N)c1=O. The van der Waals surface area contributed by atoms with Crippen LogP contribution in [0.15, 0.2) is 9.70 Å². The predicted octanol–water partition coefficient (Wildman–Crippen LogP) is 4.29. The van der Waals surface area contributed by atoms with E-state index in [-0.39, 0.29) is 17.0 Å². The second-order valence-electron chi connectivity index (χ2n) is 8.49. The lowest BCUT2D eigenvalue weighted by atomic mass is 10.0. The van der Waals surface area contributed by atoms with Gasteiger partial charge in [0.15, 0.2) is 0 Å². The molecule has 31 heavy (non-hydrogen) atoms. The molecule has 166 valence electrons. The van der Waals surface area contributed by atoms with Crippen molar-refractivity contribution in [2.75, 3.05) is 24.5 Å². The number of thiocarbonyl (C=S) groups is 1. The van der Waals surface area contributed by atoms with E-state index in [4.69, 9.17) is 12.2 Å². The van der Waals surface area contributed by atoms with Crippen LogP contribution in [0.3, 0.4) is 0 Å². The van der Waals surface area contributed by atoms with Crippen molar-refractivity contribution in [3.63, 3.8) is 0 Å². The van der Waals surface area contributed by atoms with Gasteiger partial charge in [0.05, 0.1) is 4.91 Å². The molecule has 0 N–H and O–H groups in total. The Kier molecular flexibility index (Phi) is 7.60. The van der Waals surface area contributed by atoms with E-state index in [0.717, 1.165) is 37.3 Å². The number of nitriles is 1. The van der Waals surface area contributed by atoms with Crippen LogP contribution < -0.4 is 10.5 Å². The van der Waals surface area contributed by atoms with Gasteiger partial charge in [-0.15, -0.1) is 0 Å². The summed E-state index contributed by atoms with van der Waals surface area (Å²) in [6.45, 7) is 10.6. The maximum Gasteiger partial charge on any atom is 0.270 e. The molecule has 0 aromatic carbocycles. The first-order chi connectivity index (χ1) is 14.8. The first-order valence-corrected chi connectivity index (χ1v) is 12.2. The van der Waals surface area contributed by atoms with Gasteiger partial charge in [0, 0.05) is 31.7 Å². The molecule has 6 nitrogen and oxygen atoms in total. The third-order valence-electron chi connectivity index (χ3n) is 5.76. The van der Waals surface area contributed by atoms with Gasteiger partial charge in [-0.05, 0) is 44.2 Å². The lowest BCUT2D eigenvalue weighted by molar-refractivity contribution is -0.122. The van der Waals surface area contributed by atoms with E-state index < -0.39 is 0 Å². The van der Waals surface area contributed by atoms with Gasteiger partial charge in [-0.25, -0.2) is 0 Å². The highest BCUT2D eigenvalue weighted by Gasteiger charge is 2.33. The number of pyridine rings is 1. The summed E-state index contributed by atoms with van der Waals surface area (Å²) in [4.78, 5) is 30.6. The smallest absolute Gasteiger partial charge is 0.270 e. The van der Waals surface area contributed by atoms with Crippen LogP contribution in [0, 0.1) is 24.2 Å². The Morgan fingerprint density at radius 3 is 2.39 bits per heavy atom. The summed E-state index contributed by atoms with van der Waals surface area (Å²) in [5.74, 6) is 1.03. The molecule has 8 heteroatoms. The molecule has 1 aromatic heterocycles. The summed E-state index contributed by atoms with van der Waals surface area (Å²) in [5.41, 5.74) is 1.30. The first-order valence-electron chi connectivity index (χ1n) is 11.0. The average molecular weight is 459 g/mol. The second kappa shape index (κ2) is 10.0. The fourth-order valence-corrected chi connectivity index (χ4v) is 5.47. The third-order valence-corrected chi connectivity index (χ3v) is 7.14. The molecule has 0 aliphatic carbocycles. The minimum absolute atomic E-state index is 0.0994. The molecule has 1 amide bonds. The highest BCUT2D eigenvalue weighted by molar-refractivity contribution is 8.26. The fraction of sp³-hybridized carbons (Fsp3) is 0.565. The second-order valence-corrected chi connectivity index (χ2v) is 10.2. The van der Waals surface area contributed by atoms with Gasteiger partial charge in [0.2, 0.25) is 0 Å². The number of thioether (sulfide) groups is 1. The van der Waals surface area contributed by atoms with E-state index in [1.807, 2.05) is 19.9 Å². The number of anilines is 1. The molecule has 3 heterocycles.